The van der Waals surface area contributed by atoms with E-state index in [4.69, 9.17) is 23.1 Å². The molecule has 0 bridgehead atoms. The zero-order valence-corrected chi connectivity index (χ0v) is 10.9. The fourth-order valence-electron chi connectivity index (χ4n) is 1.73. The minimum atomic E-state index is -0.535. The molecule has 1 amide bonds. The highest BCUT2D eigenvalue weighted by Gasteiger charge is 2.08. The molecule has 0 aliphatic heterocycles. The average Bonchev–Trinajstić information content (AvgIpc) is 2.39. The van der Waals surface area contributed by atoms with Gasteiger partial charge in [-0.1, -0.05) is 29.8 Å². The Labute approximate surface area is 116 Å². The number of carbonyl (C=O) groups is 1. The Morgan fingerprint density at radius 3 is 2.47 bits per heavy atom. The Hall–Kier alpha value is -2.20. The summed E-state index contributed by atoms with van der Waals surface area (Å²) >= 11 is 5.82. The lowest BCUT2D eigenvalue weighted by Gasteiger charge is -2.11. The molecule has 0 fully saturated rings. The van der Waals surface area contributed by atoms with Crippen LogP contribution in [0, 0.1) is 0 Å². The van der Waals surface area contributed by atoms with E-state index >= 15 is 0 Å². The molecule has 98 valence electrons. The van der Waals surface area contributed by atoms with Gasteiger partial charge in [0.25, 0.3) is 5.91 Å². The average molecular weight is 276 g/mol. The summed E-state index contributed by atoms with van der Waals surface area (Å²) in [5.74, 6) is -0.535. The molecule has 5 N–H and O–H groups in total. The van der Waals surface area contributed by atoms with Gasteiger partial charge in [0.2, 0.25) is 0 Å². The van der Waals surface area contributed by atoms with Crippen molar-refractivity contribution in [1.82, 2.24) is 0 Å². The topological polar surface area (TPSA) is 81.1 Å². The molecule has 0 saturated heterocycles. The summed E-state index contributed by atoms with van der Waals surface area (Å²) < 4.78 is 0. The van der Waals surface area contributed by atoms with Crippen molar-refractivity contribution in [2.24, 2.45) is 5.73 Å². The minimum Gasteiger partial charge on any atom is -0.396 e. The van der Waals surface area contributed by atoms with E-state index in [0.717, 1.165) is 5.56 Å². The molecule has 5 heteroatoms. The largest absolute Gasteiger partial charge is 0.396 e. The van der Waals surface area contributed by atoms with E-state index in [9.17, 15) is 4.79 Å². The van der Waals surface area contributed by atoms with Crippen LogP contribution in [0.4, 0.5) is 11.4 Å². The SMILES string of the molecule is NC(=O)c1cccc(NCc2ccc(Cl)cc2)c1N. The molecule has 2 rings (SSSR count). The molecule has 0 heterocycles. The van der Waals surface area contributed by atoms with Crippen LogP contribution in [0.3, 0.4) is 0 Å². The molecule has 0 aromatic heterocycles. The molecule has 19 heavy (non-hydrogen) atoms. The van der Waals surface area contributed by atoms with Crippen molar-refractivity contribution in [3.63, 3.8) is 0 Å². The second-order valence-corrected chi connectivity index (χ2v) is 4.55. The van der Waals surface area contributed by atoms with Gasteiger partial charge in [0.05, 0.1) is 16.9 Å². The summed E-state index contributed by atoms with van der Waals surface area (Å²) in [4.78, 5) is 11.2. The van der Waals surface area contributed by atoms with Gasteiger partial charge in [-0.15, -0.1) is 0 Å². The number of benzene rings is 2. The Bertz CT molecular complexity index is 596. The number of carbonyl (C=O) groups excluding carboxylic acids is 1. The number of anilines is 2. The van der Waals surface area contributed by atoms with E-state index in [2.05, 4.69) is 5.32 Å². The number of rotatable bonds is 4. The van der Waals surface area contributed by atoms with Crippen molar-refractivity contribution in [1.29, 1.82) is 0 Å². The van der Waals surface area contributed by atoms with Gasteiger partial charge in [-0.2, -0.15) is 0 Å². The van der Waals surface area contributed by atoms with Crippen molar-refractivity contribution >= 4 is 28.9 Å². The third kappa shape index (κ3) is 3.17. The molecular weight excluding hydrogens is 262 g/mol. The fourth-order valence-corrected chi connectivity index (χ4v) is 1.86. The molecule has 4 nitrogen and oxygen atoms in total. The lowest BCUT2D eigenvalue weighted by atomic mass is 10.1. The summed E-state index contributed by atoms with van der Waals surface area (Å²) in [6, 6.07) is 12.6. The highest BCUT2D eigenvalue weighted by molar-refractivity contribution is 6.30. The smallest absolute Gasteiger partial charge is 0.250 e. The van der Waals surface area contributed by atoms with Gasteiger partial charge in [-0.3, -0.25) is 4.79 Å². The summed E-state index contributed by atoms with van der Waals surface area (Å²) in [5, 5.41) is 3.86. The Morgan fingerprint density at radius 2 is 1.84 bits per heavy atom. The van der Waals surface area contributed by atoms with Crippen LogP contribution in [0.5, 0.6) is 0 Å². The monoisotopic (exact) mass is 275 g/mol. The second kappa shape index (κ2) is 5.63. The molecule has 0 aliphatic rings. The van der Waals surface area contributed by atoms with Crippen LogP contribution in [0.15, 0.2) is 42.5 Å². The van der Waals surface area contributed by atoms with E-state index in [1.165, 1.54) is 0 Å². The van der Waals surface area contributed by atoms with Gasteiger partial charge < -0.3 is 16.8 Å². The quantitative estimate of drug-likeness (QED) is 0.750. The zero-order valence-electron chi connectivity index (χ0n) is 10.2. The first-order valence-corrected chi connectivity index (χ1v) is 6.12. The number of hydrogen-bond donors (Lipinski definition) is 3. The number of nitrogens with two attached hydrogens (primary N) is 2. The summed E-state index contributed by atoms with van der Waals surface area (Å²) in [7, 11) is 0. The minimum absolute atomic E-state index is 0.320. The zero-order chi connectivity index (χ0) is 13.8. The number of nitrogens with one attached hydrogen (secondary N) is 1. The standard InChI is InChI=1S/C14H14ClN3O/c15-10-6-4-9(5-7-10)8-18-12-3-1-2-11(13(12)16)14(17)19/h1-7,18H,8,16H2,(H2,17,19). The van der Waals surface area contributed by atoms with Crippen LogP contribution < -0.4 is 16.8 Å². The van der Waals surface area contributed by atoms with Crippen molar-refractivity contribution < 1.29 is 4.79 Å². The molecule has 0 radical (unpaired) electrons. The number of para-hydroxylation sites is 1. The van der Waals surface area contributed by atoms with Crippen molar-refractivity contribution in [3.05, 3.63) is 58.6 Å². The summed E-state index contributed by atoms with van der Waals surface area (Å²) in [6.07, 6.45) is 0. The number of amides is 1. The second-order valence-electron chi connectivity index (χ2n) is 4.11. The van der Waals surface area contributed by atoms with Crippen molar-refractivity contribution in [2.45, 2.75) is 6.54 Å². The molecular formula is C14H14ClN3O. The molecule has 0 spiro atoms. The fraction of sp³-hybridized carbons (Fsp3) is 0.0714. The van der Waals surface area contributed by atoms with E-state index in [1.807, 2.05) is 24.3 Å². The van der Waals surface area contributed by atoms with Crippen molar-refractivity contribution in [3.8, 4) is 0 Å². The Balaban J connectivity index is 2.13. The van der Waals surface area contributed by atoms with Gasteiger partial charge in [-0.05, 0) is 29.8 Å². The lowest BCUT2D eigenvalue weighted by Crippen LogP contribution is -2.14. The summed E-state index contributed by atoms with van der Waals surface area (Å²) in [5.41, 5.74) is 13.6. The first kappa shape index (κ1) is 13.2. The van der Waals surface area contributed by atoms with Crippen LogP contribution in [0.2, 0.25) is 5.02 Å². The van der Waals surface area contributed by atoms with Gasteiger partial charge >= 0.3 is 0 Å². The van der Waals surface area contributed by atoms with Gasteiger partial charge in [-0.25, -0.2) is 0 Å². The molecule has 2 aromatic rings. The first-order valence-electron chi connectivity index (χ1n) is 5.74. The maximum atomic E-state index is 11.2. The van der Waals surface area contributed by atoms with Gasteiger partial charge in [0.15, 0.2) is 0 Å². The van der Waals surface area contributed by atoms with Crippen LogP contribution in [-0.2, 0) is 6.54 Å². The predicted octanol–water partition coefficient (Wildman–Crippen LogP) is 2.63. The maximum Gasteiger partial charge on any atom is 0.250 e. The maximum absolute atomic E-state index is 11.2. The molecule has 0 aliphatic carbocycles. The number of primary amides is 1. The Kier molecular flexibility index (Phi) is 3.92. The molecule has 2 aromatic carbocycles. The third-order valence-corrected chi connectivity index (χ3v) is 3.02. The third-order valence-electron chi connectivity index (χ3n) is 2.77. The van der Waals surface area contributed by atoms with E-state index < -0.39 is 5.91 Å². The number of halogens is 1. The van der Waals surface area contributed by atoms with E-state index in [0.29, 0.717) is 28.5 Å². The van der Waals surface area contributed by atoms with Gasteiger partial charge in [0.1, 0.15) is 0 Å². The van der Waals surface area contributed by atoms with Crippen LogP contribution in [-0.4, -0.2) is 5.91 Å². The number of hydrogen-bond acceptors (Lipinski definition) is 3. The Morgan fingerprint density at radius 1 is 1.16 bits per heavy atom. The van der Waals surface area contributed by atoms with E-state index in [1.54, 1.807) is 18.2 Å². The normalized spacial score (nSPS) is 10.2. The van der Waals surface area contributed by atoms with Crippen LogP contribution >= 0.6 is 11.6 Å². The molecule has 0 unspecified atom stereocenters. The van der Waals surface area contributed by atoms with Gasteiger partial charge in [0, 0.05) is 11.6 Å². The highest BCUT2D eigenvalue weighted by Crippen LogP contribution is 2.23. The molecule has 0 atom stereocenters. The molecule has 0 saturated carbocycles. The van der Waals surface area contributed by atoms with Crippen LogP contribution in [0.25, 0.3) is 0 Å². The highest BCUT2D eigenvalue weighted by atomic mass is 35.5. The van der Waals surface area contributed by atoms with Crippen LogP contribution in [0.1, 0.15) is 15.9 Å². The lowest BCUT2D eigenvalue weighted by molar-refractivity contribution is 0.100. The first-order chi connectivity index (χ1) is 9.08. The van der Waals surface area contributed by atoms with Crippen molar-refractivity contribution in [2.75, 3.05) is 11.1 Å². The predicted molar refractivity (Wildman–Crippen MR) is 78.2 cm³/mol. The summed E-state index contributed by atoms with van der Waals surface area (Å²) in [6.45, 7) is 0.587. The van der Waals surface area contributed by atoms with E-state index in [-0.39, 0.29) is 0 Å². The number of nitrogen functional groups attached to an aromatic ring is 1.